The van der Waals surface area contributed by atoms with E-state index in [1.165, 1.54) is 11.1 Å². The van der Waals surface area contributed by atoms with Crippen LogP contribution in [0.3, 0.4) is 0 Å². The van der Waals surface area contributed by atoms with Crippen molar-refractivity contribution in [2.24, 2.45) is 11.8 Å². The summed E-state index contributed by atoms with van der Waals surface area (Å²) < 4.78 is 5.61. The number of Topliss-reactive ketones (excluding diaryl/α,β-unsaturated/α-hetero) is 1. The van der Waals surface area contributed by atoms with Gasteiger partial charge in [0.05, 0.1) is 6.10 Å². The third-order valence-electron chi connectivity index (χ3n) is 6.59. The molecule has 6 nitrogen and oxygen atoms in total. The first-order valence-electron chi connectivity index (χ1n) is 10.7. The molecule has 1 aromatic rings. The van der Waals surface area contributed by atoms with Gasteiger partial charge in [0, 0.05) is 25.4 Å². The summed E-state index contributed by atoms with van der Waals surface area (Å²) in [7, 11) is 0. The second-order valence-corrected chi connectivity index (χ2v) is 9.12. The zero-order valence-corrected chi connectivity index (χ0v) is 17.3. The highest BCUT2D eigenvalue weighted by molar-refractivity contribution is 5.97. The molecule has 2 heterocycles. The number of fused-ring (bicyclic) bond motifs is 2. The van der Waals surface area contributed by atoms with Gasteiger partial charge in [-0.05, 0) is 42.7 Å². The Morgan fingerprint density at radius 3 is 2.59 bits per heavy atom. The second-order valence-electron chi connectivity index (χ2n) is 9.12. The molecule has 1 aliphatic carbocycles. The molecule has 1 aromatic carbocycles. The number of hydrogen-bond donors (Lipinski definition) is 1. The van der Waals surface area contributed by atoms with Crippen molar-refractivity contribution in [3.8, 4) is 0 Å². The van der Waals surface area contributed by atoms with Gasteiger partial charge in [-0.25, -0.2) is 0 Å². The SMILES string of the molecule is CC(C)CC(CC(=O)N1Cc2ccccc2C1)C(=O)NC12CCCC1OCC2=O. The van der Waals surface area contributed by atoms with Crippen molar-refractivity contribution in [2.75, 3.05) is 6.61 Å². The Labute approximate surface area is 172 Å². The van der Waals surface area contributed by atoms with Crippen LogP contribution < -0.4 is 5.32 Å². The molecule has 2 fully saturated rings. The quantitative estimate of drug-likeness (QED) is 0.799. The highest BCUT2D eigenvalue weighted by Gasteiger charge is 2.55. The predicted molar refractivity (Wildman–Crippen MR) is 108 cm³/mol. The maximum absolute atomic E-state index is 13.2. The van der Waals surface area contributed by atoms with Crippen LogP contribution in [0.25, 0.3) is 0 Å². The Kier molecular flexibility index (Phi) is 5.47. The molecule has 29 heavy (non-hydrogen) atoms. The molecule has 156 valence electrons. The van der Waals surface area contributed by atoms with Crippen molar-refractivity contribution >= 4 is 17.6 Å². The van der Waals surface area contributed by atoms with Gasteiger partial charge in [-0.1, -0.05) is 38.1 Å². The van der Waals surface area contributed by atoms with E-state index in [9.17, 15) is 14.4 Å². The van der Waals surface area contributed by atoms with Gasteiger partial charge in [0.15, 0.2) is 5.78 Å². The Hall–Kier alpha value is -2.21. The fourth-order valence-electron chi connectivity index (χ4n) is 5.06. The molecular weight excluding hydrogens is 368 g/mol. The molecule has 2 amide bonds. The molecule has 3 unspecified atom stereocenters. The summed E-state index contributed by atoms with van der Waals surface area (Å²) in [6, 6.07) is 8.07. The minimum Gasteiger partial charge on any atom is -0.367 e. The summed E-state index contributed by atoms with van der Waals surface area (Å²) >= 11 is 0. The molecule has 3 aliphatic rings. The highest BCUT2D eigenvalue weighted by atomic mass is 16.5. The van der Waals surface area contributed by atoms with Crippen LogP contribution in [0.4, 0.5) is 0 Å². The molecule has 1 N–H and O–H groups in total. The van der Waals surface area contributed by atoms with Crippen LogP contribution >= 0.6 is 0 Å². The standard InChI is InChI=1S/C23H30N2O4/c1-15(2)10-18(11-21(27)25-12-16-6-3-4-7-17(16)13-25)22(28)24-23-9-5-8-20(23)29-14-19(23)26/h3-4,6-7,15,18,20H,5,8-14H2,1-2H3,(H,24,28). The predicted octanol–water partition coefficient (Wildman–Crippen LogP) is 2.59. The van der Waals surface area contributed by atoms with Gasteiger partial charge in [-0.3, -0.25) is 14.4 Å². The average molecular weight is 399 g/mol. The molecule has 0 aromatic heterocycles. The molecule has 3 atom stereocenters. The van der Waals surface area contributed by atoms with E-state index < -0.39 is 11.5 Å². The van der Waals surface area contributed by atoms with Gasteiger partial charge in [-0.15, -0.1) is 0 Å². The number of nitrogens with zero attached hydrogens (tertiary/aromatic N) is 1. The van der Waals surface area contributed by atoms with Gasteiger partial charge in [0.1, 0.15) is 12.1 Å². The van der Waals surface area contributed by atoms with E-state index in [-0.39, 0.29) is 42.6 Å². The molecule has 6 heteroatoms. The molecule has 0 spiro atoms. The first-order valence-corrected chi connectivity index (χ1v) is 10.7. The molecule has 0 bridgehead atoms. The number of rotatable bonds is 6. The number of hydrogen-bond acceptors (Lipinski definition) is 4. The normalized spacial score (nSPS) is 26.5. The van der Waals surface area contributed by atoms with E-state index in [0.29, 0.717) is 25.9 Å². The van der Waals surface area contributed by atoms with Crippen LogP contribution in [0, 0.1) is 11.8 Å². The van der Waals surface area contributed by atoms with Gasteiger partial charge in [0.2, 0.25) is 11.8 Å². The smallest absolute Gasteiger partial charge is 0.224 e. The number of ether oxygens (including phenoxy) is 1. The lowest BCUT2D eigenvalue weighted by Crippen LogP contribution is -2.57. The monoisotopic (exact) mass is 398 g/mol. The first kappa shape index (κ1) is 20.1. The van der Waals surface area contributed by atoms with Crippen LogP contribution in [0.5, 0.6) is 0 Å². The fourth-order valence-corrected chi connectivity index (χ4v) is 5.06. The van der Waals surface area contributed by atoms with Gasteiger partial charge in [-0.2, -0.15) is 0 Å². The largest absolute Gasteiger partial charge is 0.367 e. The number of benzene rings is 1. The Morgan fingerprint density at radius 1 is 1.24 bits per heavy atom. The molecule has 0 radical (unpaired) electrons. The lowest BCUT2D eigenvalue weighted by Gasteiger charge is -2.30. The summed E-state index contributed by atoms with van der Waals surface area (Å²) in [5.41, 5.74) is 1.47. The topological polar surface area (TPSA) is 75.7 Å². The molecule has 1 saturated heterocycles. The highest BCUT2D eigenvalue weighted by Crippen LogP contribution is 2.38. The van der Waals surface area contributed by atoms with E-state index in [2.05, 4.69) is 19.2 Å². The van der Waals surface area contributed by atoms with E-state index >= 15 is 0 Å². The van der Waals surface area contributed by atoms with Gasteiger partial charge >= 0.3 is 0 Å². The zero-order valence-electron chi connectivity index (χ0n) is 17.3. The minimum atomic E-state index is -0.876. The van der Waals surface area contributed by atoms with E-state index in [1.54, 1.807) is 0 Å². The van der Waals surface area contributed by atoms with E-state index in [4.69, 9.17) is 4.74 Å². The zero-order chi connectivity index (χ0) is 20.6. The van der Waals surface area contributed by atoms with E-state index in [1.807, 2.05) is 29.2 Å². The molecule has 2 aliphatic heterocycles. The van der Waals surface area contributed by atoms with Crippen LogP contribution in [-0.2, 0) is 32.2 Å². The molecular formula is C23H30N2O4. The van der Waals surface area contributed by atoms with Gasteiger partial charge < -0.3 is 15.0 Å². The summed E-state index contributed by atoms with van der Waals surface area (Å²) in [4.78, 5) is 40.5. The third-order valence-corrected chi connectivity index (χ3v) is 6.59. The second kappa shape index (κ2) is 7.90. The van der Waals surface area contributed by atoms with Crippen molar-refractivity contribution in [3.63, 3.8) is 0 Å². The lowest BCUT2D eigenvalue weighted by atomic mass is 9.88. The average Bonchev–Trinajstić information content (AvgIpc) is 3.36. The number of amides is 2. The number of carbonyl (C=O) groups excluding carboxylic acids is 3. The van der Waals surface area contributed by atoms with Crippen molar-refractivity contribution < 1.29 is 19.1 Å². The van der Waals surface area contributed by atoms with Crippen molar-refractivity contribution in [1.82, 2.24) is 10.2 Å². The van der Waals surface area contributed by atoms with Crippen molar-refractivity contribution in [2.45, 2.75) is 70.7 Å². The van der Waals surface area contributed by atoms with E-state index in [0.717, 1.165) is 12.8 Å². The Balaban J connectivity index is 1.44. The third kappa shape index (κ3) is 3.82. The summed E-state index contributed by atoms with van der Waals surface area (Å²) in [5.74, 6) is -0.374. The lowest BCUT2D eigenvalue weighted by molar-refractivity contribution is -0.138. The molecule has 1 saturated carbocycles. The minimum absolute atomic E-state index is 0.00327. The van der Waals surface area contributed by atoms with Crippen LogP contribution in [-0.4, -0.2) is 40.7 Å². The number of ketones is 1. The Bertz CT molecular complexity index is 796. The molecule has 4 rings (SSSR count). The van der Waals surface area contributed by atoms with Crippen LogP contribution in [0.2, 0.25) is 0 Å². The maximum atomic E-state index is 13.2. The summed E-state index contributed by atoms with van der Waals surface area (Å²) in [5, 5.41) is 3.04. The van der Waals surface area contributed by atoms with Crippen LogP contribution in [0.1, 0.15) is 57.1 Å². The van der Waals surface area contributed by atoms with Gasteiger partial charge in [0.25, 0.3) is 0 Å². The number of carbonyl (C=O) groups is 3. The maximum Gasteiger partial charge on any atom is 0.224 e. The number of nitrogens with one attached hydrogen (secondary N) is 1. The summed E-state index contributed by atoms with van der Waals surface area (Å²) in [6.45, 7) is 5.38. The first-order chi connectivity index (χ1) is 13.9. The fraction of sp³-hybridized carbons (Fsp3) is 0.609. The van der Waals surface area contributed by atoms with Crippen molar-refractivity contribution in [3.05, 3.63) is 35.4 Å². The van der Waals surface area contributed by atoms with Crippen LogP contribution in [0.15, 0.2) is 24.3 Å². The van der Waals surface area contributed by atoms with Crippen molar-refractivity contribution in [1.29, 1.82) is 0 Å². The summed E-state index contributed by atoms with van der Waals surface area (Å²) in [6.07, 6.45) is 2.87. The Morgan fingerprint density at radius 2 is 1.93 bits per heavy atom.